The van der Waals surface area contributed by atoms with Crippen molar-refractivity contribution < 1.29 is 14.3 Å². The van der Waals surface area contributed by atoms with Crippen molar-refractivity contribution in [1.82, 2.24) is 29.3 Å². The van der Waals surface area contributed by atoms with Gasteiger partial charge in [-0.1, -0.05) is 18.2 Å². The lowest BCUT2D eigenvalue weighted by atomic mass is 10.1. The number of aromatic nitrogens is 4. The number of ether oxygens (including phenoxy) is 2. The largest absolute Gasteiger partial charge is 0.485 e. The number of amides is 1. The highest BCUT2D eigenvalue weighted by atomic mass is 35.5. The van der Waals surface area contributed by atoms with Crippen molar-refractivity contribution in [1.29, 1.82) is 0 Å². The number of nitrogens with zero attached hydrogens (tertiary/aromatic N) is 7. The predicted octanol–water partition coefficient (Wildman–Crippen LogP) is 3.70. The van der Waals surface area contributed by atoms with Crippen LogP contribution in [0.4, 0.5) is 5.69 Å². The Hall–Kier alpha value is -3.44. The van der Waals surface area contributed by atoms with Gasteiger partial charge in [-0.25, -0.2) is 15.0 Å². The predicted molar refractivity (Wildman–Crippen MR) is 166 cm³/mol. The standard InChI is InChI=1S/C30H33N7O3.2ClH/c1-21-31-18-23-24(33-21)5-3-6-25(23)35-12-10-34(11-13-35)9-8-22-4-2-7-26-29(22)40-19-27-28(32-20-37(26)27)30(38)36-14-16-39-17-15-36;;/h2-7,18,20H,8-17,19H2,1H3;2*1H. The number of piperazine rings is 1. The lowest BCUT2D eigenvalue weighted by molar-refractivity contribution is 0.0297. The fourth-order valence-electron chi connectivity index (χ4n) is 5.98. The lowest BCUT2D eigenvalue weighted by Crippen LogP contribution is -2.47. The summed E-state index contributed by atoms with van der Waals surface area (Å²) in [5.41, 5.74) is 5.63. The Kier molecular flexibility index (Phi) is 9.17. The molecule has 0 aliphatic carbocycles. The third kappa shape index (κ3) is 5.64. The minimum Gasteiger partial charge on any atom is -0.485 e. The number of morpholine rings is 1. The Morgan fingerprint density at radius 2 is 1.69 bits per heavy atom. The molecule has 0 saturated carbocycles. The number of benzene rings is 2. The maximum atomic E-state index is 13.1. The van der Waals surface area contributed by atoms with Gasteiger partial charge in [0.1, 0.15) is 24.5 Å². The van der Waals surface area contributed by atoms with Gasteiger partial charge in [0.05, 0.1) is 30.1 Å². The molecule has 2 aromatic heterocycles. The number of rotatable bonds is 5. The second-order valence-corrected chi connectivity index (χ2v) is 10.6. The number of hydrogen-bond donors (Lipinski definition) is 0. The van der Waals surface area contributed by atoms with Gasteiger partial charge >= 0.3 is 0 Å². The molecular weight excluding hydrogens is 577 g/mol. The summed E-state index contributed by atoms with van der Waals surface area (Å²) in [6, 6.07) is 12.6. The molecule has 1 amide bonds. The van der Waals surface area contributed by atoms with Gasteiger partial charge in [0.15, 0.2) is 5.69 Å². The van der Waals surface area contributed by atoms with E-state index in [1.807, 2.05) is 28.7 Å². The maximum Gasteiger partial charge on any atom is 0.274 e. The third-order valence-corrected chi connectivity index (χ3v) is 8.19. The van der Waals surface area contributed by atoms with Crippen LogP contribution in [0.5, 0.6) is 5.75 Å². The summed E-state index contributed by atoms with van der Waals surface area (Å²) in [4.78, 5) is 33.4. The first-order chi connectivity index (χ1) is 19.7. The Morgan fingerprint density at radius 3 is 2.50 bits per heavy atom. The van der Waals surface area contributed by atoms with E-state index in [0.29, 0.717) is 38.6 Å². The second kappa shape index (κ2) is 12.8. The van der Waals surface area contributed by atoms with Crippen LogP contribution in [0.15, 0.2) is 48.9 Å². The number of para-hydroxylation sites is 1. The number of imidazole rings is 1. The zero-order chi connectivity index (χ0) is 27.1. The molecule has 2 fully saturated rings. The Bertz CT molecular complexity index is 1570. The van der Waals surface area contributed by atoms with Crippen LogP contribution in [-0.2, 0) is 17.8 Å². The van der Waals surface area contributed by atoms with Gasteiger partial charge in [-0.05, 0) is 37.1 Å². The molecule has 12 heteroatoms. The van der Waals surface area contributed by atoms with Crippen molar-refractivity contribution >= 4 is 47.3 Å². The molecule has 4 aromatic rings. The summed E-state index contributed by atoms with van der Waals surface area (Å²) >= 11 is 0. The Morgan fingerprint density at radius 1 is 0.929 bits per heavy atom. The topological polar surface area (TPSA) is 88.9 Å². The molecule has 222 valence electrons. The van der Waals surface area contributed by atoms with Gasteiger partial charge in [0.25, 0.3) is 5.91 Å². The molecule has 42 heavy (non-hydrogen) atoms. The van der Waals surface area contributed by atoms with Crippen molar-refractivity contribution in [3.63, 3.8) is 0 Å². The van der Waals surface area contributed by atoms with E-state index < -0.39 is 0 Å². The number of anilines is 1. The van der Waals surface area contributed by atoms with Gasteiger partial charge in [-0.2, -0.15) is 0 Å². The zero-order valence-electron chi connectivity index (χ0n) is 23.6. The maximum absolute atomic E-state index is 13.1. The summed E-state index contributed by atoms with van der Waals surface area (Å²) in [5.74, 6) is 1.64. The summed E-state index contributed by atoms with van der Waals surface area (Å²) in [6.07, 6.45) is 4.60. The Balaban J connectivity index is 0.00000176. The average Bonchev–Trinajstić information content (AvgIpc) is 3.45. The van der Waals surface area contributed by atoms with Gasteiger partial charge in [-0.3, -0.25) is 14.3 Å². The average molecular weight is 613 g/mol. The molecule has 0 N–H and O–H groups in total. The molecule has 3 aliphatic heterocycles. The van der Waals surface area contributed by atoms with Gasteiger partial charge in [0.2, 0.25) is 0 Å². The van der Waals surface area contributed by atoms with Crippen LogP contribution in [-0.4, -0.2) is 94.3 Å². The third-order valence-electron chi connectivity index (χ3n) is 8.19. The van der Waals surface area contributed by atoms with E-state index >= 15 is 0 Å². The van der Waals surface area contributed by atoms with Gasteiger partial charge in [-0.15, -0.1) is 24.8 Å². The van der Waals surface area contributed by atoms with Crippen LogP contribution in [0.3, 0.4) is 0 Å². The van der Waals surface area contributed by atoms with E-state index in [4.69, 9.17) is 9.47 Å². The molecule has 0 unspecified atom stereocenters. The van der Waals surface area contributed by atoms with Crippen LogP contribution in [0.1, 0.15) is 27.6 Å². The number of aryl methyl sites for hydroxylation is 1. The lowest BCUT2D eigenvalue weighted by Gasteiger charge is -2.36. The number of fused-ring (bicyclic) bond motifs is 4. The van der Waals surface area contributed by atoms with Crippen LogP contribution >= 0.6 is 24.8 Å². The normalized spacial score (nSPS) is 16.6. The smallest absolute Gasteiger partial charge is 0.274 e. The zero-order valence-corrected chi connectivity index (χ0v) is 25.2. The summed E-state index contributed by atoms with van der Waals surface area (Å²) in [7, 11) is 0. The van der Waals surface area contributed by atoms with E-state index in [2.05, 4.69) is 55.1 Å². The van der Waals surface area contributed by atoms with E-state index in [1.54, 1.807) is 6.33 Å². The highest BCUT2D eigenvalue weighted by Crippen LogP contribution is 2.35. The summed E-state index contributed by atoms with van der Waals surface area (Å²) in [5, 5.41) is 1.11. The quantitative estimate of drug-likeness (QED) is 0.337. The highest BCUT2D eigenvalue weighted by Gasteiger charge is 2.29. The van der Waals surface area contributed by atoms with E-state index in [0.717, 1.165) is 73.0 Å². The molecule has 10 nitrogen and oxygen atoms in total. The molecule has 0 spiro atoms. The van der Waals surface area contributed by atoms with Crippen LogP contribution in [0.25, 0.3) is 16.6 Å². The molecule has 0 radical (unpaired) electrons. The first-order valence-corrected chi connectivity index (χ1v) is 14.0. The molecule has 2 aromatic carbocycles. The second-order valence-electron chi connectivity index (χ2n) is 10.6. The van der Waals surface area contributed by atoms with E-state index in [-0.39, 0.29) is 30.7 Å². The van der Waals surface area contributed by atoms with Gasteiger partial charge < -0.3 is 19.3 Å². The van der Waals surface area contributed by atoms with Crippen molar-refractivity contribution in [2.75, 3.05) is 63.9 Å². The first kappa shape index (κ1) is 30.0. The Labute approximate surface area is 257 Å². The summed E-state index contributed by atoms with van der Waals surface area (Å²) < 4.78 is 13.7. The molecular formula is C30H35Cl2N7O3. The first-order valence-electron chi connectivity index (χ1n) is 14.0. The molecule has 2 saturated heterocycles. The van der Waals surface area contributed by atoms with Crippen LogP contribution in [0.2, 0.25) is 0 Å². The van der Waals surface area contributed by atoms with Gasteiger partial charge in [0, 0.05) is 63.1 Å². The number of halogens is 2. The number of hydrogen-bond acceptors (Lipinski definition) is 8. The van der Waals surface area contributed by atoms with Crippen molar-refractivity contribution in [3.05, 3.63) is 71.7 Å². The van der Waals surface area contributed by atoms with Crippen molar-refractivity contribution in [2.45, 2.75) is 20.0 Å². The minimum atomic E-state index is -0.0504. The fourth-order valence-corrected chi connectivity index (χ4v) is 5.98. The highest BCUT2D eigenvalue weighted by molar-refractivity contribution is 5.94. The molecule has 0 bridgehead atoms. The monoisotopic (exact) mass is 611 g/mol. The SMILES string of the molecule is Cc1ncc2c(N3CCN(CCc4cccc5c4OCc4c(C(=O)N6CCOCC6)ncn4-5)CC3)cccc2n1.Cl.Cl. The van der Waals surface area contributed by atoms with Crippen LogP contribution in [0, 0.1) is 6.92 Å². The van der Waals surface area contributed by atoms with Crippen LogP contribution < -0.4 is 9.64 Å². The molecule has 3 aliphatic rings. The number of carbonyl (C=O) groups is 1. The molecule has 7 rings (SSSR count). The fraction of sp³-hybridized carbons (Fsp3) is 0.400. The number of carbonyl (C=O) groups excluding carboxylic acids is 1. The van der Waals surface area contributed by atoms with E-state index in [9.17, 15) is 4.79 Å². The summed E-state index contributed by atoms with van der Waals surface area (Å²) in [6.45, 7) is 9.48. The minimum absolute atomic E-state index is 0. The van der Waals surface area contributed by atoms with Crippen molar-refractivity contribution in [3.8, 4) is 11.4 Å². The van der Waals surface area contributed by atoms with Crippen molar-refractivity contribution in [2.24, 2.45) is 0 Å². The molecule has 5 heterocycles. The van der Waals surface area contributed by atoms with E-state index in [1.165, 1.54) is 11.3 Å². The molecule has 0 atom stereocenters.